The Bertz CT molecular complexity index is 270. The van der Waals surface area contributed by atoms with Crippen LogP contribution in [0.5, 0.6) is 0 Å². The van der Waals surface area contributed by atoms with Gasteiger partial charge in [0.2, 0.25) is 0 Å². The van der Waals surface area contributed by atoms with Crippen molar-refractivity contribution >= 4 is 21.5 Å². The average molecular weight is 199 g/mol. The third-order valence-electron chi connectivity index (χ3n) is 2.39. The molecule has 0 bridgehead atoms. The molecule has 0 aliphatic carbocycles. The molecule has 0 amide bonds. The highest BCUT2D eigenvalue weighted by Crippen LogP contribution is 2.25. The third-order valence-corrected chi connectivity index (χ3v) is 3.31. The molecule has 0 saturated carbocycles. The smallest absolute Gasteiger partial charge is 0.187 e. The van der Waals surface area contributed by atoms with Gasteiger partial charge in [-0.05, 0) is 12.8 Å². The summed E-state index contributed by atoms with van der Waals surface area (Å²) in [7, 11) is 2.06. The van der Waals surface area contributed by atoms with Crippen LogP contribution in [0, 0.1) is 5.92 Å². The van der Waals surface area contributed by atoms with Crippen LogP contribution >= 0.6 is 11.3 Å². The topological polar surface area (TPSA) is 42.2 Å². The zero-order valence-electron chi connectivity index (χ0n) is 8.61. The zero-order valence-corrected chi connectivity index (χ0v) is 9.43. The SMILES string of the molecule is CC(C)C(C)N(C)c1ncc(N)s1. The first-order valence-electron chi connectivity index (χ1n) is 4.46. The monoisotopic (exact) mass is 199 g/mol. The zero-order chi connectivity index (χ0) is 10.0. The summed E-state index contributed by atoms with van der Waals surface area (Å²) >= 11 is 1.53. The van der Waals surface area contributed by atoms with Gasteiger partial charge in [-0.3, -0.25) is 0 Å². The predicted octanol–water partition coefficient (Wildman–Crippen LogP) is 2.21. The second-order valence-electron chi connectivity index (χ2n) is 3.64. The summed E-state index contributed by atoms with van der Waals surface area (Å²) in [6.07, 6.45) is 1.71. The molecule has 1 atom stereocenters. The molecule has 4 heteroatoms. The summed E-state index contributed by atoms with van der Waals surface area (Å²) in [6, 6.07) is 0.491. The molecule has 0 spiro atoms. The number of rotatable bonds is 3. The molecular weight excluding hydrogens is 182 g/mol. The average Bonchev–Trinajstić information content (AvgIpc) is 2.49. The number of nitrogens with zero attached hydrogens (tertiary/aromatic N) is 2. The van der Waals surface area contributed by atoms with Gasteiger partial charge in [0.1, 0.15) is 5.00 Å². The fraction of sp³-hybridized carbons (Fsp3) is 0.667. The van der Waals surface area contributed by atoms with E-state index in [9.17, 15) is 0 Å². The lowest BCUT2D eigenvalue weighted by Gasteiger charge is -2.27. The van der Waals surface area contributed by atoms with Gasteiger partial charge in [0.05, 0.1) is 6.20 Å². The molecule has 1 unspecified atom stereocenters. The molecule has 3 nitrogen and oxygen atoms in total. The van der Waals surface area contributed by atoms with Gasteiger partial charge in [-0.25, -0.2) is 4.98 Å². The van der Waals surface area contributed by atoms with Crippen molar-refractivity contribution in [3.63, 3.8) is 0 Å². The molecule has 74 valence electrons. The second kappa shape index (κ2) is 3.96. The van der Waals surface area contributed by atoms with Crippen LogP contribution in [0.4, 0.5) is 10.1 Å². The van der Waals surface area contributed by atoms with E-state index in [2.05, 4.69) is 37.7 Å². The van der Waals surface area contributed by atoms with Crippen LogP contribution in [0.2, 0.25) is 0 Å². The normalized spacial score (nSPS) is 13.3. The van der Waals surface area contributed by atoms with Crippen LogP contribution in [0.3, 0.4) is 0 Å². The van der Waals surface area contributed by atoms with Crippen molar-refractivity contribution in [1.29, 1.82) is 0 Å². The van der Waals surface area contributed by atoms with E-state index in [1.165, 1.54) is 11.3 Å². The van der Waals surface area contributed by atoms with Gasteiger partial charge in [-0.2, -0.15) is 0 Å². The lowest BCUT2D eigenvalue weighted by atomic mass is 10.1. The Morgan fingerprint density at radius 3 is 2.46 bits per heavy atom. The number of hydrogen-bond donors (Lipinski definition) is 1. The van der Waals surface area contributed by atoms with E-state index in [4.69, 9.17) is 5.73 Å². The molecule has 13 heavy (non-hydrogen) atoms. The van der Waals surface area contributed by atoms with E-state index < -0.39 is 0 Å². The summed E-state index contributed by atoms with van der Waals surface area (Å²) in [6.45, 7) is 6.61. The molecule has 0 radical (unpaired) electrons. The maximum Gasteiger partial charge on any atom is 0.187 e. The molecule has 0 aromatic carbocycles. The van der Waals surface area contributed by atoms with Crippen molar-refractivity contribution in [3.8, 4) is 0 Å². The van der Waals surface area contributed by atoms with Gasteiger partial charge < -0.3 is 10.6 Å². The number of anilines is 2. The van der Waals surface area contributed by atoms with Crippen molar-refractivity contribution in [1.82, 2.24) is 4.98 Å². The molecule has 1 aromatic heterocycles. The maximum absolute atomic E-state index is 5.62. The second-order valence-corrected chi connectivity index (χ2v) is 4.68. The van der Waals surface area contributed by atoms with Crippen LogP contribution in [0.15, 0.2) is 6.20 Å². The van der Waals surface area contributed by atoms with Crippen molar-refractivity contribution in [2.75, 3.05) is 17.7 Å². The highest BCUT2D eigenvalue weighted by Gasteiger charge is 2.15. The van der Waals surface area contributed by atoms with E-state index in [1.54, 1.807) is 6.20 Å². The lowest BCUT2D eigenvalue weighted by molar-refractivity contribution is 0.505. The first-order valence-corrected chi connectivity index (χ1v) is 5.28. The third kappa shape index (κ3) is 2.34. The fourth-order valence-corrected chi connectivity index (χ4v) is 1.79. The van der Waals surface area contributed by atoms with E-state index in [1.807, 2.05) is 0 Å². The summed E-state index contributed by atoms with van der Waals surface area (Å²) < 4.78 is 0. The Hall–Kier alpha value is -0.770. The summed E-state index contributed by atoms with van der Waals surface area (Å²) in [5, 5.41) is 1.77. The molecule has 0 saturated heterocycles. The Kier molecular flexibility index (Phi) is 3.14. The molecule has 1 heterocycles. The molecule has 0 aliphatic heterocycles. The van der Waals surface area contributed by atoms with Gasteiger partial charge in [0, 0.05) is 13.1 Å². The molecule has 0 aliphatic rings. The molecule has 1 rings (SSSR count). The minimum absolute atomic E-state index is 0.491. The first-order chi connectivity index (χ1) is 6.02. The number of aromatic nitrogens is 1. The molecule has 0 fully saturated rings. The lowest BCUT2D eigenvalue weighted by Crippen LogP contribution is -2.32. The van der Waals surface area contributed by atoms with Crippen LogP contribution in [-0.2, 0) is 0 Å². The number of thiazole rings is 1. The van der Waals surface area contributed by atoms with Gasteiger partial charge in [-0.1, -0.05) is 25.2 Å². The maximum atomic E-state index is 5.62. The van der Waals surface area contributed by atoms with E-state index in [0.717, 1.165) is 10.1 Å². The van der Waals surface area contributed by atoms with Gasteiger partial charge in [-0.15, -0.1) is 0 Å². The minimum atomic E-state index is 0.491. The van der Waals surface area contributed by atoms with Crippen LogP contribution in [0.25, 0.3) is 0 Å². The van der Waals surface area contributed by atoms with Crippen LogP contribution in [0.1, 0.15) is 20.8 Å². The van der Waals surface area contributed by atoms with Gasteiger partial charge >= 0.3 is 0 Å². The highest BCUT2D eigenvalue weighted by molar-refractivity contribution is 7.19. The molecule has 2 N–H and O–H groups in total. The summed E-state index contributed by atoms with van der Waals surface area (Å²) in [4.78, 5) is 6.41. The van der Waals surface area contributed by atoms with Crippen LogP contribution in [-0.4, -0.2) is 18.1 Å². The fourth-order valence-electron chi connectivity index (χ4n) is 1.06. The van der Waals surface area contributed by atoms with Crippen LogP contribution < -0.4 is 10.6 Å². The molecular formula is C9H17N3S. The van der Waals surface area contributed by atoms with Gasteiger partial charge in [0.15, 0.2) is 5.13 Å². The Labute approximate surface area is 83.6 Å². The van der Waals surface area contributed by atoms with Gasteiger partial charge in [0.25, 0.3) is 0 Å². The first kappa shape index (κ1) is 10.3. The number of nitrogens with two attached hydrogens (primary N) is 1. The predicted molar refractivity (Wildman–Crippen MR) is 59.2 cm³/mol. The largest absolute Gasteiger partial charge is 0.389 e. The minimum Gasteiger partial charge on any atom is -0.389 e. The highest BCUT2D eigenvalue weighted by atomic mass is 32.1. The van der Waals surface area contributed by atoms with E-state index in [-0.39, 0.29) is 0 Å². The number of hydrogen-bond acceptors (Lipinski definition) is 4. The van der Waals surface area contributed by atoms with Crippen molar-refractivity contribution in [2.45, 2.75) is 26.8 Å². The number of nitrogen functional groups attached to an aromatic ring is 1. The summed E-state index contributed by atoms with van der Waals surface area (Å²) in [5.41, 5.74) is 5.62. The van der Waals surface area contributed by atoms with E-state index in [0.29, 0.717) is 12.0 Å². The van der Waals surface area contributed by atoms with E-state index >= 15 is 0 Å². The van der Waals surface area contributed by atoms with Crippen molar-refractivity contribution in [2.24, 2.45) is 5.92 Å². The van der Waals surface area contributed by atoms with Crippen molar-refractivity contribution in [3.05, 3.63) is 6.20 Å². The standard InChI is InChI=1S/C9H17N3S/c1-6(2)7(3)12(4)9-11-5-8(10)13-9/h5-7H,10H2,1-4H3. The Morgan fingerprint density at radius 1 is 1.46 bits per heavy atom. The Balaban J connectivity index is 2.73. The Morgan fingerprint density at radius 2 is 2.08 bits per heavy atom. The van der Waals surface area contributed by atoms with Crippen molar-refractivity contribution < 1.29 is 0 Å². The molecule has 1 aromatic rings. The summed E-state index contributed by atoms with van der Waals surface area (Å²) in [5.74, 6) is 0.620. The quantitative estimate of drug-likeness (QED) is 0.811.